The Labute approximate surface area is 71.1 Å². The monoisotopic (exact) mass is 171 g/mol. The van der Waals surface area contributed by atoms with E-state index < -0.39 is 0 Å². The van der Waals surface area contributed by atoms with Gasteiger partial charge in [-0.2, -0.15) is 4.98 Å². The van der Waals surface area contributed by atoms with Crippen molar-refractivity contribution < 1.29 is 9.26 Å². The Bertz CT molecular complexity index is 224. The Morgan fingerprint density at radius 3 is 3.00 bits per heavy atom. The van der Waals surface area contributed by atoms with Gasteiger partial charge >= 0.3 is 6.01 Å². The Morgan fingerprint density at radius 1 is 1.58 bits per heavy atom. The Kier molecular flexibility index (Phi) is 3.53. The minimum atomic E-state index is 0.462. The van der Waals surface area contributed by atoms with Crippen LogP contribution in [-0.2, 0) is 11.2 Å². The van der Waals surface area contributed by atoms with Crippen molar-refractivity contribution in [3.63, 3.8) is 0 Å². The number of rotatable bonds is 5. The van der Waals surface area contributed by atoms with E-state index in [2.05, 4.69) is 15.5 Å². The number of nitrogens with one attached hydrogen (secondary N) is 1. The molecule has 0 saturated carbocycles. The third-order valence-corrected chi connectivity index (χ3v) is 1.37. The Morgan fingerprint density at radius 2 is 2.42 bits per heavy atom. The van der Waals surface area contributed by atoms with Crippen LogP contribution in [0.3, 0.4) is 0 Å². The molecule has 0 unspecified atom stereocenters. The van der Waals surface area contributed by atoms with Crippen LogP contribution < -0.4 is 5.32 Å². The summed E-state index contributed by atoms with van der Waals surface area (Å²) in [5, 5.41) is 6.66. The molecular formula is C7H13N3O2. The SMILES string of the molecule is CCc1noc(NCCOC)n1. The van der Waals surface area contributed by atoms with Gasteiger partial charge in [0.15, 0.2) is 5.82 Å². The first-order valence-electron chi connectivity index (χ1n) is 3.92. The van der Waals surface area contributed by atoms with E-state index in [1.165, 1.54) is 0 Å². The second-order valence-corrected chi connectivity index (χ2v) is 2.29. The Balaban J connectivity index is 2.31. The largest absolute Gasteiger partial charge is 0.383 e. The molecule has 0 amide bonds. The number of methoxy groups -OCH3 is 1. The van der Waals surface area contributed by atoms with Crippen molar-refractivity contribution >= 4 is 6.01 Å². The first-order valence-corrected chi connectivity index (χ1v) is 3.92. The smallest absolute Gasteiger partial charge is 0.321 e. The number of anilines is 1. The zero-order chi connectivity index (χ0) is 8.81. The van der Waals surface area contributed by atoms with Gasteiger partial charge in [0.2, 0.25) is 0 Å². The highest BCUT2D eigenvalue weighted by Crippen LogP contribution is 2.02. The molecule has 0 fully saturated rings. The van der Waals surface area contributed by atoms with Gasteiger partial charge in [-0.15, -0.1) is 0 Å². The van der Waals surface area contributed by atoms with Crippen LogP contribution in [0, 0.1) is 0 Å². The van der Waals surface area contributed by atoms with Gasteiger partial charge in [0.1, 0.15) is 0 Å². The average Bonchev–Trinajstić information content (AvgIpc) is 2.53. The number of hydrogen-bond acceptors (Lipinski definition) is 5. The number of ether oxygens (including phenoxy) is 1. The predicted molar refractivity (Wildman–Crippen MR) is 44.0 cm³/mol. The van der Waals surface area contributed by atoms with Gasteiger partial charge in [-0.25, -0.2) is 0 Å². The highest BCUT2D eigenvalue weighted by atomic mass is 16.5. The third-order valence-electron chi connectivity index (χ3n) is 1.37. The molecule has 1 aromatic heterocycles. The summed E-state index contributed by atoms with van der Waals surface area (Å²) in [7, 11) is 1.65. The average molecular weight is 171 g/mol. The molecule has 0 bridgehead atoms. The number of hydrogen-bond donors (Lipinski definition) is 1. The molecule has 0 aliphatic rings. The molecule has 5 nitrogen and oxygen atoms in total. The van der Waals surface area contributed by atoms with Gasteiger partial charge in [0.25, 0.3) is 0 Å². The van der Waals surface area contributed by atoms with Crippen LogP contribution in [-0.4, -0.2) is 30.4 Å². The van der Waals surface area contributed by atoms with Crippen LogP contribution >= 0.6 is 0 Å². The van der Waals surface area contributed by atoms with Crippen LogP contribution in [0.5, 0.6) is 0 Å². The van der Waals surface area contributed by atoms with Gasteiger partial charge in [-0.05, 0) is 0 Å². The highest BCUT2D eigenvalue weighted by Gasteiger charge is 2.01. The fourth-order valence-corrected chi connectivity index (χ4v) is 0.729. The molecule has 0 radical (unpaired) electrons. The fourth-order valence-electron chi connectivity index (χ4n) is 0.729. The number of aryl methyl sites for hydroxylation is 1. The van der Waals surface area contributed by atoms with Crippen LogP contribution in [0.25, 0.3) is 0 Å². The van der Waals surface area contributed by atoms with Crippen molar-refractivity contribution in [2.45, 2.75) is 13.3 Å². The lowest BCUT2D eigenvalue weighted by Crippen LogP contribution is -2.07. The molecule has 68 valence electrons. The third kappa shape index (κ3) is 2.50. The van der Waals surface area contributed by atoms with E-state index in [1.54, 1.807) is 7.11 Å². The zero-order valence-corrected chi connectivity index (χ0v) is 7.33. The zero-order valence-electron chi connectivity index (χ0n) is 7.33. The lowest BCUT2D eigenvalue weighted by molar-refractivity contribution is 0.210. The fraction of sp³-hybridized carbons (Fsp3) is 0.714. The minimum Gasteiger partial charge on any atom is -0.383 e. The van der Waals surface area contributed by atoms with Gasteiger partial charge < -0.3 is 14.6 Å². The summed E-state index contributed by atoms with van der Waals surface area (Å²) in [5.41, 5.74) is 0. The summed E-state index contributed by atoms with van der Waals surface area (Å²) in [6.45, 7) is 3.29. The summed E-state index contributed by atoms with van der Waals surface area (Å²) < 4.78 is 9.72. The molecule has 0 aliphatic carbocycles. The molecule has 1 heterocycles. The number of aromatic nitrogens is 2. The summed E-state index contributed by atoms with van der Waals surface area (Å²) in [6, 6.07) is 0.462. The van der Waals surface area contributed by atoms with Crippen LogP contribution in [0.2, 0.25) is 0 Å². The molecule has 1 rings (SSSR count). The second kappa shape index (κ2) is 4.71. The first kappa shape index (κ1) is 8.99. The summed E-state index contributed by atoms with van der Waals surface area (Å²) in [6.07, 6.45) is 0.787. The minimum absolute atomic E-state index is 0.462. The summed E-state index contributed by atoms with van der Waals surface area (Å²) in [4.78, 5) is 4.06. The highest BCUT2D eigenvalue weighted by molar-refractivity contribution is 5.17. The van der Waals surface area contributed by atoms with E-state index in [0.29, 0.717) is 19.2 Å². The molecule has 0 spiro atoms. The normalized spacial score (nSPS) is 10.2. The summed E-state index contributed by atoms with van der Waals surface area (Å²) >= 11 is 0. The quantitative estimate of drug-likeness (QED) is 0.660. The van der Waals surface area contributed by atoms with Crippen LogP contribution in [0.1, 0.15) is 12.7 Å². The van der Waals surface area contributed by atoms with Gasteiger partial charge in [0, 0.05) is 20.1 Å². The van der Waals surface area contributed by atoms with E-state index in [9.17, 15) is 0 Å². The predicted octanol–water partition coefficient (Wildman–Crippen LogP) is 0.690. The van der Waals surface area contributed by atoms with Crippen molar-refractivity contribution in [1.29, 1.82) is 0 Å². The van der Waals surface area contributed by atoms with Crippen molar-refractivity contribution in [2.75, 3.05) is 25.6 Å². The van der Waals surface area contributed by atoms with E-state index in [1.807, 2.05) is 6.92 Å². The van der Waals surface area contributed by atoms with Gasteiger partial charge in [0.05, 0.1) is 6.61 Å². The van der Waals surface area contributed by atoms with Crippen LogP contribution in [0.15, 0.2) is 4.52 Å². The van der Waals surface area contributed by atoms with Crippen molar-refractivity contribution in [2.24, 2.45) is 0 Å². The van der Waals surface area contributed by atoms with E-state index >= 15 is 0 Å². The molecule has 1 aromatic rings. The van der Waals surface area contributed by atoms with E-state index in [0.717, 1.165) is 12.2 Å². The van der Waals surface area contributed by atoms with Crippen molar-refractivity contribution in [1.82, 2.24) is 10.1 Å². The lowest BCUT2D eigenvalue weighted by atomic mass is 10.5. The van der Waals surface area contributed by atoms with Gasteiger partial charge in [-0.3, -0.25) is 0 Å². The maximum Gasteiger partial charge on any atom is 0.321 e. The molecule has 0 aliphatic heterocycles. The Hall–Kier alpha value is -1.10. The van der Waals surface area contributed by atoms with Gasteiger partial charge in [-0.1, -0.05) is 12.1 Å². The van der Waals surface area contributed by atoms with E-state index in [-0.39, 0.29) is 0 Å². The topological polar surface area (TPSA) is 60.2 Å². The lowest BCUT2D eigenvalue weighted by Gasteiger charge is -1.97. The first-order chi connectivity index (χ1) is 5.86. The van der Waals surface area contributed by atoms with E-state index in [4.69, 9.17) is 9.26 Å². The molecule has 12 heavy (non-hydrogen) atoms. The van der Waals surface area contributed by atoms with Crippen molar-refractivity contribution in [3.8, 4) is 0 Å². The molecular weight excluding hydrogens is 158 g/mol. The van der Waals surface area contributed by atoms with Crippen molar-refractivity contribution in [3.05, 3.63) is 5.82 Å². The summed E-state index contributed by atoms with van der Waals surface area (Å²) in [5.74, 6) is 0.718. The second-order valence-electron chi connectivity index (χ2n) is 2.29. The molecule has 0 saturated heterocycles. The molecule has 0 atom stereocenters. The standard InChI is InChI=1S/C7H13N3O2/c1-3-6-9-7(12-10-6)8-4-5-11-2/h3-5H2,1-2H3,(H,8,9,10). The van der Waals surface area contributed by atoms with Crippen LogP contribution in [0.4, 0.5) is 6.01 Å². The molecule has 1 N–H and O–H groups in total. The maximum absolute atomic E-state index is 4.87. The molecule has 0 aromatic carbocycles. The molecule has 5 heteroatoms. The number of nitrogens with zero attached hydrogens (tertiary/aromatic N) is 2. The maximum atomic E-state index is 4.87.